The van der Waals surface area contributed by atoms with E-state index in [4.69, 9.17) is 4.74 Å². The second-order valence-electron chi connectivity index (χ2n) is 4.98. The van der Waals surface area contributed by atoms with Gasteiger partial charge < -0.3 is 9.84 Å². The minimum Gasteiger partial charge on any atom is -0.364 e. The maximum Gasteiger partial charge on any atom is 0.416 e. The van der Waals surface area contributed by atoms with E-state index in [1.54, 1.807) is 0 Å². The van der Waals surface area contributed by atoms with Crippen LogP contribution in [0.15, 0.2) is 48.5 Å². The maximum absolute atomic E-state index is 12.6. The lowest BCUT2D eigenvalue weighted by molar-refractivity contribution is -0.139. The summed E-state index contributed by atoms with van der Waals surface area (Å²) in [5.41, 5.74) is -1.49. The van der Waals surface area contributed by atoms with Gasteiger partial charge >= 0.3 is 12.4 Å². The molecule has 0 saturated heterocycles. The number of hydrogen-bond donors (Lipinski definition) is 1. The third-order valence-corrected chi connectivity index (χ3v) is 3.19. The Morgan fingerprint density at radius 1 is 0.833 bits per heavy atom. The van der Waals surface area contributed by atoms with Crippen molar-refractivity contribution < 1.29 is 36.2 Å². The zero-order valence-corrected chi connectivity index (χ0v) is 12.0. The van der Waals surface area contributed by atoms with Crippen LogP contribution in [0.5, 0.6) is 0 Å². The molecule has 1 atom stereocenters. The molecule has 1 unspecified atom stereocenters. The SMILES string of the molecule is OC(OCc1cccc(C(F)(F)F)c1)c1ccc(C(F)(F)F)cc1. The van der Waals surface area contributed by atoms with E-state index >= 15 is 0 Å². The Kier molecular flexibility index (Phi) is 5.19. The first-order chi connectivity index (χ1) is 11.1. The molecule has 0 aliphatic heterocycles. The van der Waals surface area contributed by atoms with Gasteiger partial charge in [0.2, 0.25) is 0 Å². The quantitative estimate of drug-likeness (QED) is 0.626. The summed E-state index contributed by atoms with van der Waals surface area (Å²) in [6, 6.07) is 8.01. The first-order valence-electron chi connectivity index (χ1n) is 6.70. The van der Waals surface area contributed by atoms with Crippen LogP contribution in [-0.2, 0) is 23.7 Å². The molecule has 8 heteroatoms. The summed E-state index contributed by atoms with van der Waals surface area (Å²) in [6.07, 6.45) is -10.5. The van der Waals surface area contributed by atoms with E-state index in [9.17, 15) is 31.4 Å². The fourth-order valence-corrected chi connectivity index (χ4v) is 1.95. The van der Waals surface area contributed by atoms with Crippen molar-refractivity contribution in [2.75, 3.05) is 0 Å². The normalized spacial score (nSPS) is 13.8. The second kappa shape index (κ2) is 6.82. The topological polar surface area (TPSA) is 29.5 Å². The molecular weight excluding hydrogens is 338 g/mol. The molecule has 0 heterocycles. The lowest BCUT2D eigenvalue weighted by atomic mass is 10.1. The van der Waals surface area contributed by atoms with E-state index in [0.717, 1.165) is 36.4 Å². The maximum atomic E-state index is 12.6. The molecule has 0 fully saturated rings. The van der Waals surface area contributed by atoms with Crippen LogP contribution in [0.2, 0.25) is 0 Å². The second-order valence-corrected chi connectivity index (χ2v) is 4.98. The van der Waals surface area contributed by atoms with Crippen molar-refractivity contribution in [3.8, 4) is 0 Å². The van der Waals surface area contributed by atoms with Crippen molar-refractivity contribution in [2.24, 2.45) is 0 Å². The summed E-state index contributed by atoms with van der Waals surface area (Å²) in [6.45, 7) is -0.327. The lowest BCUT2D eigenvalue weighted by Crippen LogP contribution is -2.08. The molecule has 24 heavy (non-hydrogen) atoms. The summed E-state index contributed by atoms with van der Waals surface area (Å²) >= 11 is 0. The van der Waals surface area contributed by atoms with E-state index in [2.05, 4.69) is 0 Å². The molecule has 1 N–H and O–H groups in total. The standard InChI is InChI=1S/C16H12F6O2/c17-15(18,19)12-6-4-11(5-7-12)14(23)24-9-10-2-1-3-13(8-10)16(20,21)22/h1-8,14,23H,9H2. The van der Waals surface area contributed by atoms with Gasteiger partial charge in [-0.05, 0) is 29.8 Å². The highest BCUT2D eigenvalue weighted by Crippen LogP contribution is 2.31. The highest BCUT2D eigenvalue weighted by Gasteiger charge is 2.31. The number of ether oxygens (including phenoxy) is 1. The molecule has 0 aromatic heterocycles. The van der Waals surface area contributed by atoms with Crippen LogP contribution < -0.4 is 0 Å². The largest absolute Gasteiger partial charge is 0.416 e. The minimum absolute atomic E-state index is 0.0648. The number of hydrogen-bond acceptors (Lipinski definition) is 2. The van der Waals surface area contributed by atoms with Gasteiger partial charge in [-0.25, -0.2) is 0 Å². The van der Waals surface area contributed by atoms with Gasteiger partial charge in [-0.2, -0.15) is 26.3 Å². The minimum atomic E-state index is -4.50. The van der Waals surface area contributed by atoms with Crippen LogP contribution in [-0.4, -0.2) is 5.11 Å². The molecule has 0 aliphatic rings. The number of alkyl halides is 6. The van der Waals surface area contributed by atoms with Gasteiger partial charge in [-0.1, -0.05) is 24.3 Å². The Morgan fingerprint density at radius 2 is 1.42 bits per heavy atom. The Hall–Kier alpha value is -2.06. The highest BCUT2D eigenvalue weighted by molar-refractivity contribution is 5.26. The van der Waals surface area contributed by atoms with Crippen LogP contribution >= 0.6 is 0 Å². The molecule has 2 rings (SSSR count). The monoisotopic (exact) mass is 350 g/mol. The summed E-state index contributed by atoms with van der Waals surface area (Å²) in [7, 11) is 0. The van der Waals surface area contributed by atoms with Gasteiger partial charge in [0.15, 0.2) is 6.29 Å². The zero-order valence-electron chi connectivity index (χ0n) is 12.0. The van der Waals surface area contributed by atoms with Gasteiger partial charge in [0, 0.05) is 5.56 Å². The number of rotatable bonds is 4. The molecule has 0 aliphatic carbocycles. The number of benzene rings is 2. The molecule has 0 bridgehead atoms. The fourth-order valence-electron chi connectivity index (χ4n) is 1.95. The Bertz CT molecular complexity index is 676. The van der Waals surface area contributed by atoms with E-state index in [1.165, 1.54) is 12.1 Å². The van der Waals surface area contributed by atoms with Crippen LogP contribution in [0.3, 0.4) is 0 Å². The molecule has 2 aromatic carbocycles. The molecule has 130 valence electrons. The van der Waals surface area contributed by atoms with Gasteiger partial charge in [0.05, 0.1) is 17.7 Å². The predicted octanol–water partition coefficient (Wildman–Crippen LogP) is 4.93. The molecule has 2 nitrogen and oxygen atoms in total. The smallest absolute Gasteiger partial charge is 0.364 e. The van der Waals surface area contributed by atoms with Crippen LogP contribution in [0.1, 0.15) is 28.5 Å². The fraction of sp³-hybridized carbons (Fsp3) is 0.250. The summed E-state index contributed by atoms with van der Waals surface area (Å²) in [4.78, 5) is 0. The summed E-state index contributed by atoms with van der Waals surface area (Å²) in [5, 5.41) is 9.78. The van der Waals surface area contributed by atoms with Crippen molar-refractivity contribution >= 4 is 0 Å². The molecule has 0 spiro atoms. The van der Waals surface area contributed by atoms with Crippen molar-refractivity contribution in [1.29, 1.82) is 0 Å². The van der Waals surface area contributed by atoms with E-state index in [-0.39, 0.29) is 17.7 Å². The van der Waals surface area contributed by atoms with Crippen molar-refractivity contribution in [3.63, 3.8) is 0 Å². The van der Waals surface area contributed by atoms with Crippen LogP contribution in [0, 0.1) is 0 Å². The van der Waals surface area contributed by atoms with Crippen molar-refractivity contribution in [3.05, 3.63) is 70.8 Å². The zero-order chi connectivity index (χ0) is 18.0. The number of aliphatic hydroxyl groups is 1. The molecule has 0 saturated carbocycles. The Morgan fingerprint density at radius 3 is 1.96 bits per heavy atom. The van der Waals surface area contributed by atoms with Gasteiger partial charge in [0.25, 0.3) is 0 Å². The highest BCUT2D eigenvalue weighted by atomic mass is 19.4. The first kappa shape index (κ1) is 18.3. The van der Waals surface area contributed by atoms with Gasteiger partial charge in [-0.3, -0.25) is 0 Å². The first-order valence-corrected chi connectivity index (χ1v) is 6.70. The number of aliphatic hydroxyl groups excluding tert-OH is 1. The van der Waals surface area contributed by atoms with Crippen molar-refractivity contribution in [2.45, 2.75) is 25.2 Å². The predicted molar refractivity (Wildman–Crippen MR) is 72.6 cm³/mol. The van der Waals surface area contributed by atoms with E-state index in [1.807, 2.05) is 0 Å². The summed E-state index contributed by atoms with van der Waals surface area (Å²) in [5.74, 6) is 0. The van der Waals surface area contributed by atoms with E-state index < -0.39 is 29.8 Å². The van der Waals surface area contributed by atoms with Crippen molar-refractivity contribution in [1.82, 2.24) is 0 Å². The van der Waals surface area contributed by atoms with Gasteiger partial charge in [0.1, 0.15) is 0 Å². The van der Waals surface area contributed by atoms with Crippen LogP contribution in [0.25, 0.3) is 0 Å². The average Bonchev–Trinajstić information content (AvgIpc) is 2.51. The molecule has 2 aromatic rings. The molecular formula is C16H12F6O2. The molecule has 0 radical (unpaired) electrons. The Labute approximate surface area is 133 Å². The number of halogens is 6. The average molecular weight is 350 g/mol. The Balaban J connectivity index is 2.02. The summed E-state index contributed by atoms with van der Waals surface area (Å²) < 4.78 is 80.1. The van der Waals surface area contributed by atoms with Crippen LogP contribution in [0.4, 0.5) is 26.3 Å². The molecule has 0 amide bonds. The van der Waals surface area contributed by atoms with Gasteiger partial charge in [-0.15, -0.1) is 0 Å². The third kappa shape index (κ3) is 4.72. The van der Waals surface area contributed by atoms with E-state index in [0.29, 0.717) is 0 Å². The third-order valence-electron chi connectivity index (χ3n) is 3.19. The lowest BCUT2D eigenvalue weighted by Gasteiger charge is -2.14.